The summed E-state index contributed by atoms with van der Waals surface area (Å²) in [6.45, 7) is 0. The summed E-state index contributed by atoms with van der Waals surface area (Å²) in [4.78, 5) is 19.4. The number of rotatable bonds is 4. The Bertz CT molecular complexity index is 348. The van der Waals surface area contributed by atoms with Crippen LogP contribution in [0.4, 0.5) is 0 Å². The second-order valence-corrected chi connectivity index (χ2v) is 3.47. The molecule has 0 radical (unpaired) electrons. The van der Waals surface area contributed by atoms with Crippen LogP contribution in [0.3, 0.4) is 0 Å². The predicted octanol–water partition coefficient (Wildman–Crippen LogP) is 1.01. The summed E-state index contributed by atoms with van der Waals surface area (Å²) < 4.78 is 4.95. The first-order valence-corrected chi connectivity index (χ1v) is 4.67. The van der Waals surface area contributed by atoms with E-state index in [4.69, 9.17) is 4.74 Å². The second-order valence-electron chi connectivity index (χ2n) is 3.47. The summed E-state index contributed by atoms with van der Waals surface area (Å²) in [6, 6.07) is 1.71. The van der Waals surface area contributed by atoms with E-state index < -0.39 is 0 Å². The fourth-order valence-corrected chi connectivity index (χ4v) is 1.31. The first-order chi connectivity index (χ1) is 6.79. The zero-order valence-corrected chi connectivity index (χ0v) is 8.06. The minimum absolute atomic E-state index is 0.283. The Balaban J connectivity index is 2.04. The molecule has 0 spiro atoms. The third-order valence-corrected chi connectivity index (χ3v) is 2.30. The zero-order chi connectivity index (χ0) is 9.97. The normalized spacial score (nSPS) is 15.2. The van der Waals surface area contributed by atoms with Gasteiger partial charge in [-0.3, -0.25) is 4.79 Å². The smallest absolute Gasteiger partial charge is 0.216 e. The van der Waals surface area contributed by atoms with Crippen molar-refractivity contribution in [3.63, 3.8) is 0 Å². The number of carbonyl (C=O) groups excluding carboxylic acids is 1. The largest absolute Gasteiger partial charge is 0.481 e. The van der Waals surface area contributed by atoms with Crippen LogP contribution in [0, 0.1) is 5.92 Å². The molecule has 1 aliphatic rings. The summed E-state index contributed by atoms with van der Waals surface area (Å²) in [5.41, 5.74) is 0.744. The molecule has 2 rings (SSSR count). The van der Waals surface area contributed by atoms with Crippen molar-refractivity contribution in [2.45, 2.75) is 19.3 Å². The van der Waals surface area contributed by atoms with E-state index in [2.05, 4.69) is 9.97 Å². The lowest BCUT2D eigenvalue weighted by Crippen LogP contribution is -2.06. The highest BCUT2D eigenvalue weighted by molar-refractivity contribution is 5.84. The Morgan fingerprint density at radius 1 is 1.57 bits per heavy atom. The molecule has 0 aromatic carbocycles. The Morgan fingerprint density at radius 2 is 2.36 bits per heavy atom. The van der Waals surface area contributed by atoms with Crippen molar-refractivity contribution in [1.82, 2.24) is 9.97 Å². The monoisotopic (exact) mass is 192 g/mol. The van der Waals surface area contributed by atoms with E-state index in [0.29, 0.717) is 12.3 Å². The van der Waals surface area contributed by atoms with Crippen molar-refractivity contribution >= 4 is 5.78 Å². The van der Waals surface area contributed by atoms with Gasteiger partial charge in [-0.05, 0) is 12.8 Å². The molecule has 0 amide bonds. The summed E-state index contributed by atoms with van der Waals surface area (Å²) >= 11 is 0. The molecule has 4 heteroatoms. The molecule has 0 aliphatic heterocycles. The minimum atomic E-state index is 0.283. The average molecular weight is 192 g/mol. The quantitative estimate of drug-likeness (QED) is 0.714. The number of carbonyl (C=O) groups is 1. The van der Waals surface area contributed by atoms with Crippen LogP contribution in [0.25, 0.3) is 0 Å². The lowest BCUT2D eigenvalue weighted by Gasteiger charge is -2.01. The van der Waals surface area contributed by atoms with E-state index >= 15 is 0 Å². The van der Waals surface area contributed by atoms with Crippen LogP contribution in [0.1, 0.15) is 18.5 Å². The van der Waals surface area contributed by atoms with Crippen molar-refractivity contribution < 1.29 is 9.53 Å². The lowest BCUT2D eigenvalue weighted by molar-refractivity contribution is -0.119. The standard InChI is InChI=1S/C10H12N2O2/c1-14-10-5-8(11-6-12-10)4-9(13)7-2-3-7/h5-7H,2-4H2,1H3. The number of nitrogens with zero attached hydrogens (tertiary/aromatic N) is 2. The average Bonchev–Trinajstić information content (AvgIpc) is 3.01. The van der Waals surface area contributed by atoms with Crippen molar-refractivity contribution in [2.75, 3.05) is 7.11 Å². The summed E-state index contributed by atoms with van der Waals surface area (Å²) in [5.74, 6) is 1.08. The lowest BCUT2D eigenvalue weighted by atomic mass is 10.1. The minimum Gasteiger partial charge on any atom is -0.481 e. The number of hydrogen-bond acceptors (Lipinski definition) is 4. The van der Waals surface area contributed by atoms with Gasteiger partial charge >= 0.3 is 0 Å². The first kappa shape index (κ1) is 9.12. The number of aromatic nitrogens is 2. The Morgan fingerprint density at radius 3 is 3.00 bits per heavy atom. The van der Waals surface area contributed by atoms with E-state index in [1.165, 1.54) is 6.33 Å². The molecule has 0 unspecified atom stereocenters. The van der Waals surface area contributed by atoms with Gasteiger partial charge in [0.25, 0.3) is 0 Å². The van der Waals surface area contributed by atoms with Crippen molar-refractivity contribution in [1.29, 1.82) is 0 Å². The van der Waals surface area contributed by atoms with Crippen molar-refractivity contribution in [3.05, 3.63) is 18.1 Å². The molecule has 0 bridgehead atoms. The highest BCUT2D eigenvalue weighted by Crippen LogP contribution is 2.30. The van der Waals surface area contributed by atoms with Gasteiger partial charge in [-0.15, -0.1) is 0 Å². The van der Waals surface area contributed by atoms with Gasteiger partial charge < -0.3 is 4.74 Å². The van der Waals surface area contributed by atoms with Gasteiger partial charge in [-0.25, -0.2) is 9.97 Å². The Labute approximate surface area is 82.3 Å². The molecule has 74 valence electrons. The van der Waals surface area contributed by atoms with Crippen LogP contribution in [-0.4, -0.2) is 22.9 Å². The van der Waals surface area contributed by atoms with Crippen LogP contribution < -0.4 is 4.74 Å². The Hall–Kier alpha value is -1.45. The van der Waals surface area contributed by atoms with Gasteiger partial charge in [0.05, 0.1) is 12.8 Å². The molecule has 0 atom stereocenters. The highest BCUT2D eigenvalue weighted by Gasteiger charge is 2.29. The molecule has 1 fully saturated rings. The van der Waals surface area contributed by atoms with E-state index in [1.54, 1.807) is 13.2 Å². The molecule has 4 nitrogen and oxygen atoms in total. The zero-order valence-electron chi connectivity index (χ0n) is 8.06. The summed E-state index contributed by atoms with van der Waals surface area (Å²) in [7, 11) is 1.55. The fourth-order valence-electron chi connectivity index (χ4n) is 1.31. The number of Topliss-reactive ketones (excluding diaryl/α,β-unsaturated/α-hetero) is 1. The van der Waals surface area contributed by atoms with Crippen molar-refractivity contribution in [3.8, 4) is 5.88 Å². The van der Waals surface area contributed by atoms with E-state index in [1.807, 2.05) is 0 Å². The van der Waals surface area contributed by atoms with Gasteiger partial charge in [0.2, 0.25) is 5.88 Å². The fraction of sp³-hybridized carbons (Fsp3) is 0.500. The van der Waals surface area contributed by atoms with Gasteiger partial charge in [-0.2, -0.15) is 0 Å². The van der Waals surface area contributed by atoms with Gasteiger partial charge in [0.1, 0.15) is 12.1 Å². The third-order valence-electron chi connectivity index (χ3n) is 2.30. The van der Waals surface area contributed by atoms with Crippen molar-refractivity contribution in [2.24, 2.45) is 5.92 Å². The SMILES string of the molecule is COc1cc(CC(=O)C2CC2)ncn1. The van der Waals surface area contributed by atoms with E-state index in [-0.39, 0.29) is 11.7 Å². The summed E-state index contributed by atoms with van der Waals surface area (Å²) in [5, 5.41) is 0. The molecule has 0 saturated heterocycles. The molecule has 1 saturated carbocycles. The first-order valence-electron chi connectivity index (χ1n) is 4.67. The van der Waals surface area contributed by atoms with Crippen LogP contribution in [0.5, 0.6) is 5.88 Å². The van der Waals surface area contributed by atoms with E-state index in [0.717, 1.165) is 18.5 Å². The molecular weight excluding hydrogens is 180 g/mol. The van der Waals surface area contributed by atoms with Crippen LogP contribution in [0.15, 0.2) is 12.4 Å². The number of ether oxygens (including phenoxy) is 1. The van der Waals surface area contributed by atoms with E-state index in [9.17, 15) is 4.79 Å². The third kappa shape index (κ3) is 2.07. The molecule has 0 N–H and O–H groups in total. The molecule has 1 aromatic rings. The topological polar surface area (TPSA) is 52.1 Å². The molecule has 14 heavy (non-hydrogen) atoms. The summed E-state index contributed by atoms with van der Waals surface area (Å²) in [6.07, 6.45) is 3.92. The number of methoxy groups -OCH3 is 1. The van der Waals surface area contributed by atoms with Crippen LogP contribution in [-0.2, 0) is 11.2 Å². The van der Waals surface area contributed by atoms with Gasteiger partial charge in [0, 0.05) is 18.4 Å². The Kier molecular flexibility index (Phi) is 2.43. The van der Waals surface area contributed by atoms with Gasteiger partial charge in [-0.1, -0.05) is 0 Å². The van der Waals surface area contributed by atoms with Crippen LogP contribution in [0.2, 0.25) is 0 Å². The molecule has 1 aromatic heterocycles. The maximum absolute atomic E-state index is 11.5. The maximum Gasteiger partial charge on any atom is 0.216 e. The molecule has 1 aliphatic carbocycles. The van der Waals surface area contributed by atoms with Crippen LogP contribution >= 0.6 is 0 Å². The van der Waals surface area contributed by atoms with Gasteiger partial charge in [0.15, 0.2) is 0 Å². The maximum atomic E-state index is 11.5. The number of ketones is 1. The number of hydrogen-bond donors (Lipinski definition) is 0. The predicted molar refractivity (Wildman–Crippen MR) is 50.0 cm³/mol. The highest BCUT2D eigenvalue weighted by atomic mass is 16.5. The molecular formula is C10H12N2O2. The molecule has 1 heterocycles. The second kappa shape index (κ2) is 3.74.